The minimum Gasteiger partial charge on any atom is -0.310 e. The molecular weight excluding hydrogens is 967 g/mol. The zero-order valence-corrected chi connectivity index (χ0v) is 43.4. The third kappa shape index (κ3) is 5.77. The lowest BCUT2D eigenvalue weighted by Gasteiger charge is -2.35. The summed E-state index contributed by atoms with van der Waals surface area (Å²) in [4.78, 5) is 2.56. The Hall–Kier alpha value is -9.12. The van der Waals surface area contributed by atoms with E-state index in [1.54, 1.807) is 0 Å². The highest BCUT2D eigenvalue weighted by Crippen LogP contribution is 2.67. The average molecular weight is 1010 g/mol. The third-order valence-electron chi connectivity index (χ3n) is 17.4. The van der Waals surface area contributed by atoms with Gasteiger partial charge in [0.05, 0.1) is 16.5 Å². The van der Waals surface area contributed by atoms with E-state index in [-0.39, 0.29) is 0 Å². The molecule has 3 aliphatic carbocycles. The van der Waals surface area contributed by atoms with Crippen LogP contribution in [0.5, 0.6) is 0 Å². The Morgan fingerprint density at radius 2 is 0.792 bits per heavy atom. The molecule has 1 nitrogen and oxygen atoms in total. The van der Waals surface area contributed by atoms with Gasteiger partial charge < -0.3 is 4.90 Å². The molecule has 0 aliphatic heterocycles. The van der Waals surface area contributed by atoms with Gasteiger partial charge in [-0.3, -0.25) is 0 Å². The average Bonchev–Trinajstić information content (AvgIpc) is 3.80. The number of hydrogen-bond acceptors (Lipinski definition) is 3. The topological polar surface area (TPSA) is 3.24 Å². The molecule has 3 heteroatoms. The zero-order valence-electron chi connectivity index (χ0n) is 41.7. The van der Waals surface area contributed by atoms with Gasteiger partial charge in [-0.2, -0.15) is 0 Å². The highest BCUT2D eigenvalue weighted by molar-refractivity contribution is 7.26. The summed E-state index contributed by atoms with van der Waals surface area (Å²) in [7, 11) is 0. The van der Waals surface area contributed by atoms with Crippen molar-refractivity contribution in [3.63, 3.8) is 0 Å². The molecule has 1 spiro atoms. The fourth-order valence-electron chi connectivity index (χ4n) is 14.3. The normalized spacial score (nSPS) is 15.2. The summed E-state index contributed by atoms with van der Waals surface area (Å²) in [6.45, 7) is 0. The van der Waals surface area contributed by atoms with Crippen molar-refractivity contribution in [2.45, 2.75) is 10.8 Å². The second-order valence-corrected chi connectivity index (χ2v) is 23.1. The lowest BCUT2D eigenvalue weighted by molar-refractivity contribution is 0.768. The van der Waals surface area contributed by atoms with Gasteiger partial charge in [0.15, 0.2) is 0 Å². The van der Waals surface area contributed by atoms with Crippen LogP contribution in [0.15, 0.2) is 273 Å². The first-order chi connectivity index (χ1) is 38.2. The van der Waals surface area contributed by atoms with Crippen LogP contribution >= 0.6 is 22.7 Å². The van der Waals surface area contributed by atoms with Gasteiger partial charge in [-0.25, -0.2) is 0 Å². The highest BCUT2D eigenvalue weighted by Gasteiger charge is 2.53. The fourth-order valence-corrected chi connectivity index (χ4v) is 16.7. The van der Waals surface area contributed by atoms with E-state index in [1.807, 2.05) is 22.7 Å². The Balaban J connectivity index is 0.929. The molecule has 77 heavy (non-hydrogen) atoms. The Kier molecular flexibility index (Phi) is 9.08. The van der Waals surface area contributed by atoms with Crippen LogP contribution in [0.2, 0.25) is 0 Å². The number of rotatable bonds is 6. The maximum Gasteiger partial charge on any atom is 0.0726 e. The molecule has 1 unspecified atom stereocenters. The molecule has 17 rings (SSSR count). The van der Waals surface area contributed by atoms with Crippen LogP contribution in [0.4, 0.5) is 17.1 Å². The molecule has 14 aromatic rings. The van der Waals surface area contributed by atoms with Crippen molar-refractivity contribution in [3.05, 3.63) is 317 Å². The number of fused-ring (bicyclic) bond motifs is 20. The molecule has 1 atom stereocenters. The summed E-state index contributed by atoms with van der Waals surface area (Å²) >= 11 is 3.80. The summed E-state index contributed by atoms with van der Waals surface area (Å²) in [5, 5.41) is 5.28. The maximum atomic E-state index is 2.56. The predicted octanol–water partition coefficient (Wildman–Crippen LogP) is 20.3. The van der Waals surface area contributed by atoms with Crippen molar-refractivity contribution in [2.75, 3.05) is 4.90 Å². The number of anilines is 3. The minimum atomic E-state index is -0.561. The smallest absolute Gasteiger partial charge is 0.0726 e. The van der Waals surface area contributed by atoms with E-state index < -0.39 is 10.8 Å². The van der Waals surface area contributed by atoms with Gasteiger partial charge in [0.1, 0.15) is 0 Å². The number of thiophene rings is 2. The summed E-state index contributed by atoms with van der Waals surface area (Å²) in [5.74, 6) is 0. The molecule has 0 saturated carbocycles. The van der Waals surface area contributed by atoms with Crippen LogP contribution < -0.4 is 4.90 Å². The molecular formula is C74H45NS2. The van der Waals surface area contributed by atoms with Gasteiger partial charge in [0.25, 0.3) is 0 Å². The molecule has 0 amide bonds. The van der Waals surface area contributed by atoms with Crippen molar-refractivity contribution in [1.82, 2.24) is 0 Å². The van der Waals surface area contributed by atoms with E-state index >= 15 is 0 Å². The Morgan fingerprint density at radius 3 is 1.51 bits per heavy atom. The highest BCUT2D eigenvalue weighted by atomic mass is 32.1. The van der Waals surface area contributed by atoms with Gasteiger partial charge >= 0.3 is 0 Å². The van der Waals surface area contributed by atoms with Gasteiger partial charge in [0.2, 0.25) is 0 Å². The van der Waals surface area contributed by atoms with Gasteiger partial charge in [-0.05, 0) is 132 Å². The monoisotopic (exact) mass is 1010 g/mol. The lowest BCUT2D eigenvalue weighted by Crippen LogP contribution is -2.28. The summed E-state index contributed by atoms with van der Waals surface area (Å²) in [6, 6.07) is 103. The number of benzene rings is 12. The van der Waals surface area contributed by atoms with Crippen molar-refractivity contribution in [1.29, 1.82) is 0 Å². The van der Waals surface area contributed by atoms with Crippen LogP contribution in [-0.2, 0) is 10.8 Å². The molecule has 3 aliphatic rings. The first-order valence-electron chi connectivity index (χ1n) is 26.6. The zero-order chi connectivity index (χ0) is 50.4. The SMILES string of the molecule is c1ccc(C2(c3ccccc3)c3ccccc3-c3ccc(N(c4ccc(-c5ccc6sc7ccccc7c6c5)cc4)c4cccc5c4-c4ccccc4C54c5ccccc5-c5c4ccc4c5sc5ccccc54)cc32)cc1. The van der Waals surface area contributed by atoms with Crippen molar-refractivity contribution < 1.29 is 0 Å². The molecule has 12 aromatic carbocycles. The van der Waals surface area contributed by atoms with Crippen molar-refractivity contribution >= 4 is 80.1 Å². The van der Waals surface area contributed by atoms with E-state index in [2.05, 4.69) is 278 Å². The first kappa shape index (κ1) is 43.2. The van der Waals surface area contributed by atoms with E-state index in [1.165, 1.54) is 129 Å². The molecule has 0 bridgehead atoms. The first-order valence-corrected chi connectivity index (χ1v) is 28.3. The minimum absolute atomic E-state index is 0.534. The molecule has 358 valence electrons. The summed E-state index contributed by atoms with van der Waals surface area (Å²) in [6.07, 6.45) is 0. The van der Waals surface area contributed by atoms with Crippen LogP contribution in [0.25, 0.3) is 84.9 Å². The summed E-state index contributed by atoms with van der Waals surface area (Å²) in [5.41, 5.74) is 22.9. The Labute approximate surface area is 454 Å². The fraction of sp³-hybridized carbons (Fsp3) is 0.0270. The quantitative estimate of drug-likeness (QED) is 0.160. The standard InChI is InChI=1S/C74H45NS2/c1-3-18-48(19-4-1)73(49-20-5-2-6-21-49)60-27-12-7-22-52(60)53-40-39-51(45-65(53)73)75(50-37-34-46(35-38-50)47-36-43-69-59(44-47)55-24-11-15-32-67(55)76-69)66-31-17-30-63-70(66)57-25-8-13-28-61(57)74(63)62-29-14-9-26-58(62)71-64(74)42-41-56-54-23-10-16-33-68(54)77-72(56)71/h1-45H. The molecule has 0 radical (unpaired) electrons. The summed E-state index contributed by atoms with van der Waals surface area (Å²) < 4.78 is 5.33. The second kappa shape index (κ2) is 16.2. The predicted molar refractivity (Wildman–Crippen MR) is 326 cm³/mol. The van der Waals surface area contributed by atoms with Crippen LogP contribution in [0.3, 0.4) is 0 Å². The number of nitrogens with zero attached hydrogens (tertiary/aromatic N) is 1. The van der Waals surface area contributed by atoms with Crippen LogP contribution in [0.1, 0.15) is 44.5 Å². The van der Waals surface area contributed by atoms with Gasteiger partial charge in [0, 0.05) is 62.8 Å². The molecule has 0 saturated heterocycles. The maximum absolute atomic E-state index is 2.56. The lowest BCUT2D eigenvalue weighted by atomic mass is 9.67. The van der Waals surface area contributed by atoms with Gasteiger partial charge in [-0.15, -0.1) is 22.7 Å². The van der Waals surface area contributed by atoms with E-state index in [4.69, 9.17) is 0 Å². The largest absolute Gasteiger partial charge is 0.310 e. The van der Waals surface area contributed by atoms with Gasteiger partial charge in [-0.1, -0.05) is 218 Å². The van der Waals surface area contributed by atoms with Crippen molar-refractivity contribution in [3.8, 4) is 44.5 Å². The van der Waals surface area contributed by atoms with E-state index in [0.717, 1.165) is 17.1 Å². The Morgan fingerprint density at radius 1 is 0.273 bits per heavy atom. The Bertz CT molecular complexity index is 4710. The molecule has 0 fully saturated rings. The number of hydrogen-bond donors (Lipinski definition) is 0. The molecule has 2 aromatic heterocycles. The van der Waals surface area contributed by atoms with E-state index in [0.29, 0.717) is 0 Å². The van der Waals surface area contributed by atoms with E-state index in [9.17, 15) is 0 Å². The van der Waals surface area contributed by atoms with Crippen molar-refractivity contribution in [2.24, 2.45) is 0 Å². The molecule has 2 heterocycles. The third-order valence-corrected chi connectivity index (χ3v) is 19.7. The second-order valence-electron chi connectivity index (χ2n) is 21.0. The van der Waals surface area contributed by atoms with Crippen LogP contribution in [0, 0.1) is 0 Å². The molecule has 0 N–H and O–H groups in total. The van der Waals surface area contributed by atoms with Crippen LogP contribution in [-0.4, -0.2) is 0 Å².